The first-order valence-electron chi connectivity index (χ1n) is 7.31. The number of hydrogen-bond acceptors (Lipinski definition) is 4. The molecule has 4 aliphatic rings. The molecule has 1 aromatic carbocycles. The van der Waals surface area contributed by atoms with Crippen molar-refractivity contribution < 1.29 is 14.6 Å². The molecule has 0 amide bonds. The molecule has 0 saturated carbocycles. The number of aliphatic hydroxyl groups excluding tert-OH is 1. The smallest absolute Gasteiger partial charge is 0.231 e. The summed E-state index contributed by atoms with van der Waals surface area (Å²) in [6.07, 6.45) is 5.76. The highest BCUT2D eigenvalue weighted by molar-refractivity contribution is 5.55. The average molecular weight is 271 g/mol. The summed E-state index contributed by atoms with van der Waals surface area (Å²) in [4.78, 5) is 2.51. The number of benzene rings is 1. The number of fused-ring (bicyclic) bond motifs is 2. The minimum atomic E-state index is -0.398. The monoisotopic (exact) mass is 271 g/mol. The number of rotatable bonds is 0. The van der Waals surface area contributed by atoms with E-state index in [0.29, 0.717) is 12.8 Å². The Balaban J connectivity index is 1.76. The number of hydrogen-bond donors (Lipinski definition) is 1. The van der Waals surface area contributed by atoms with Gasteiger partial charge in [-0.25, -0.2) is 0 Å². The largest absolute Gasteiger partial charge is 0.454 e. The van der Waals surface area contributed by atoms with Gasteiger partial charge in [-0.1, -0.05) is 12.2 Å². The standard InChI is InChI=1S/C16H17NO3/c18-15-3-1-2-14-16(15)4-5-17(14)8-10-6-12-13(7-11(10)16)20-9-19-12/h1,3,6-7,14-15,18H,2,4-5,8-9H2. The molecule has 4 nitrogen and oxygen atoms in total. The minimum absolute atomic E-state index is 0.149. The van der Waals surface area contributed by atoms with Gasteiger partial charge in [0.1, 0.15) is 0 Å². The molecule has 20 heavy (non-hydrogen) atoms. The van der Waals surface area contributed by atoms with Crippen molar-refractivity contribution in [2.75, 3.05) is 13.3 Å². The third kappa shape index (κ3) is 1.15. The third-order valence-electron chi connectivity index (χ3n) is 5.53. The van der Waals surface area contributed by atoms with Gasteiger partial charge in [-0.15, -0.1) is 0 Å². The zero-order valence-corrected chi connectivity index (χ0v) is 11.2. The van der Waals surface area contributed by atoms with Crippen LogP contribution in [0.5, 0.6) is 11.5 Å². The lowest BCUT2D eigenvalue weighted by molar-refractivity contribution is 0.0635. The predicted octanol–water partition coefficient (Wildman–Crippen LogP) is 1.56. The Morgan fingerprint density at radius 1 is 1.25 bits per heavy atom. The Labute approximate surface area is 117 Å². The summed E-state index contributed by atoms with van der Waals surface area (Å²) in [7, 11) is 0. The molecule has 4 heteroatoms. The van der Waals surface area contributed by atoms with Gasteiger partial charge in [-0.2, -0.15) is 0 Å². The van der Waals surface area contributed by atoms with Crippen molar-refractivity contribution in [3.05, 3.63) is 35.4 Å². The summed E-state index contributed by atoms with van der Waals surface area (Å²) in [5.41, 5.74) is 2.42. The lowest BCUT2D eigenvalue weighted by Crippen LogP contribution is -2.54. The quantitative estimate of drug-likeness (QED) is 0.727. The fraction of sp³-hybridized carbons (Fsp3) is 0.500. The first-order chi connectivity index (χ1) is 9.79. The van der Waals surface area contributed by atoms with Crippen LogP contribution >= 0.6 is 0 Å². The maximum atomic E-state index is 10.7. The summed E-state index contributed by atoms with van der Waals surface area (Å²) in [6.45, 7) is 2.32. The molecular weight excluding hydrogens is 254 g/mol. The molecule has 104 valence electrons. The van der Waals surface area contributed by atoms with Crippen molar-refractivity contribution in [3.63, 3.8) is 0 Å². The predicted molar refractivity (Wildman–Crippen MR) is 72.8 cm³/mol. The number of nitrogens with zero attached hydrogens (tertiary/aromatic N) is 1. The van der Waals surface area contributed by atoms with E-state index in [9.17, 15) is 5.11 Å². The van der Waals surface area contributed by atoms with Crippen LogP contribution in [0.4, 0.5) is 0 Å². The highest BCUT2D eigenvalue weighted by Gasteiger charge is 2.56. The summed E-state index contributed by atoms with van der Waals surface area (Å²) in [6, 6.07) is 4.66. The molecule has 3 aliphatic heterocycles. The molecule has 1 N–H and O–H groups in total. The van der Waals surface area contributed by atoms with E-state index in [2.05, 4.69) is 23.1 Å². The zero-order chi connectivity index (χ0) is 13.3. The van der Waals surface area contributed by atoms with Crippen LogP contribution < -0.4 is 9.47 Å². The Bertz CT molecular complexity index is 626. The van der Waals surface area contributed by atoms with Crippen molar-refractivity contribution in [3.8, 4) is 11.5 Å². The normalized spacial score (nSPS) is 39.5. The van der Waals surface area contributed by atoms with Gasteiger partial charge in [-0.3, -0.25) is 4.90 Å². The molecule has 4 unspecified atom stereocenters. The maximum Gasteiger partial charge on any atom is 0.231 e. The topological polar surface area (TPSA) is 41.9 Å². The van der Waals surface area contributed by atoms with E-state index in [-0.39, 0.29) is 5.41 Å². The van der Waals surface area contributed by atoms with E-state index in [4.69, 9.17) is 9.47 Å². The summed E-state index contributed by atoms with van der Waals surface area (Å²) in [5.74, 6) is 1.68. The maximum absolute atomic E-state index is 10.7. The van der Waals surface area contributed by atoms with E-state index >= 15 is 0 Å². The number of ether oxygens (including phenoxy) is 2. The average Bonchev–Trinajstić information content (AvgIpc) is 3.01. The second-order valence-corrected chi connectivity index (χ2v) is 6.25. The first kappa shape index (κ1) is 11.2. The zero-order valence-electron chi connectivity index (χ0n) is 11.2. The van der Waals surface area contributed by atoms with Crippen LogP contribution in [-0.4, -0.2) is 35.5 Å². The van der Waals surface area contributed by atoms with E-state index < -0.39 is 6.10 Å². The van der Waals surface area contributed by atoms with E-state index in [1.807, 2.05) is 6.08 Å². The molecule has 1 aromatic rings. The van der Waals surface area contributed by atoms with Crippen LogP contribution in [0.2, 0.25) is 0 Å². The molecule has 5 rings (SSSR count). The molecule has 3 heterocycles. The van der Waals surface area contributed by atoms with Crippen molar-refractivity contribution in [2.24, 2.45) is 0 Å². The van der Waals surface area contributed by atoms with E-state index in [1.165, 1.54) is 11.1 Å². The van der Waals surface area contributed by atoms with E-state index in [1.54, 1.807) is 0 Å². The summed E-state index contributed by atoms with van der Waals surface area (Å²) < 4.78 is 11.0. The second-order valence-electron chi connectivity index (χ2n) is 6.25. The highest BCUT2D eigenvalue weighted by Crippen LogP contribution is 2.54. The molecule has 1 aliphatic carbocycles. The third-order valence-corrected chi connectivity index (χ3v) is 5.53. The van der Waals surface area contributed by atoms with Crippen molar-refractivity contribution in [1.29, 1.82) is 0 Å². The van der Waals surface area contributed by atoms with Gasteiger partial charge < -0.3 is 14.6 Å². The van der Waals surface area contributed by atoms with Gasteiger partial charge in [-0.05, 0) is 42.6 Å². The van der Waals surface area contributed by atoms with Crippen molar-refractivity contribution in [1.82, 2.24) is 4.90 Å². The minimum Gasteiger partial charge on any atom is -0.454 e. The first-order valence-corrected chi connectivity index (χ1v) is 7.31. The van der Waals surface area contributed by atoms with Gasteiger partial charge >= 0.3 is 0 Å². The Kier molecular flexibility index (Phi) is 1.99. The Morgan fingerprint density at radius 3 is 3.00 bits per heavy atom. The fourth-order valence-electron chi connectivity index (χ4n) is 4.62. The van der Waals surface area contributed by atoms with Crippen LogP contribution in [-0.2, 0) is 12.0 Å². The fourth-order valence-corrected chi connectivity index (χ4v) is 4.62. The molecular formula is C16H17NO3. The van der Waals surface area contributed by atoms with Crippen LogP contribution in [0.1, 0.15) is 24.0 Å². The van der Waals surface area contributed by atoms with Gasteiger partial charge in [0.05, 0.1) is 6.10 Å². The lowest BCUT2D eigenvalue weighted by Gasteiger charge is -2.47. The Morgan fingerprint density at radius 2 is 2.10 bits per heavy atom. The SMILES string of the molecule is OC1C=CCC2N3CCC12c1cc2c(cc1C3)OCO2. The summed E-state index contributed by atoms with van der Waals surface area (Å²) in [5, 5.41) is 10.7. The molecule has 0 radical (unpaired) electrons. The summed E-state index contributed by atoms with van der Waals surface area (Å²) >= 11 is 0. The van der Waals surface area contributed by atoms with Crippen LogP contribution in [0.25, 0.3) is 0 Å². The van der Waals surface area contributed by atoms with Gasteiger partial charge in [0.2, 0.25) is 6.79 Å². The van der Waals surface area contributed by atoms with Crippen LogP contribution in [0.15, 0.2) is 24.3 Å². The molecule has 1 saturated heterocycles. The second kappa shape index (κ2) is 3.57. The van der Waals surface area contributed by atoms with Gasteiger partial charge in [0.25, 0.3) is 0 Å². The van der Waals surface area contributed by atoms with Crippen molar-refractivity contribution in [2.45, 2.75) is 36.9 Å². The van der Waals surface area contributed by atoms with Crippen LogP contribution in [0.3, 0.4) is 0 Å². The van der Waals surface area contributed by atoms with Gasteiger partial charge in [0.15, 0.2) is 11.5 Å². The lowest BCUT2D eigenvalue weighted by atomic mass is 9.64. The molecule has 0 spiro atoms. The molecule has 2 bridgehead atoms. The van der Waals surface area contributed by atoms with Crippen LogP contribution in [0, 0.1) is 0 Å². The Hall–Kier alpha value is -1.52. The highest BCUT2D eigenvalue weighted by atomic mass is 16.7. The molecule has 0 aromatic heterocycles. The number of aliphatic hydroxyl groups is 1. The molecule has 1 fully saturated rings. The van der Waals surface area contributed by atoms with Gasteiger partial charge in [0, 0.05) is 18.0 Å². The van der Waals surface area contributed by atoms with E-state index in [0.717, 1.165) is 37.4 Å². The molecule has 4 atom stereocenters. The van der Waals surface area contributed by atoms with Crippen molar-refractivity contribution >= 4 is 0 Å².